The molecule has 0 spiro atoms. The van der Waals surface area contributed by atoms with Crippen molar-refractivity contribution in [3.8, 4) is 0 Å². The van der Waals surface area contributed by atoms with Crippen LogP contribution in [-0.2, 0) is 9.53 Å². The van der Waals surface area contributed by atoms with Crippen molar-refractivity contribution in [3.05, 3.63) is 35.9 Å². The van der Waals surface area contributed by atoms with Crippen LogP contribution in [0.1, 0.15) is 62.7 Å². The second-order valence-corrected chi connectivity index (χ2v) is 6.49. The minimum absolute atomic E-state index is 0.0878. The molecule has 1 saturated carbocycles. The molecule has 4 nitrogen and oxygen atoms in total. The van der Waals surface area contributed by atoms with Gasteiger partial charge in [-0.2, -0.15) is 0 Å². The van der Waals surface area contributed by atoms with E-state index in [1.165, 1.54) is 0 Å². The molecule has 0 aliphatic heterocycles. The maximum Gasteiger partial charge on any atom is 0.306 e. The van der Waals surface area contributed by atoms with Crippen LogP contribution in [0, 0.1) is 5.92 Å². The van der Waals surface area contributed by atoms with Gasteiger partial charge in [-0.15, -0.1) is 0 Å². The van der Waals surface area contributed by atoms with Crippen LogP contribution in [0.5, 0.6) is 0 Å². The molecule has 1 aliphatic rings. The monoisotopic (exact) mass is 331 g/mol. The average Bonchev–Trinajstić information content (AvgIpc) is 3.04. The van der Waals surface area contributed by atoms with E-state index < -0.39 is 0 Å². The van der Waals surface area contributed by atoms with Crippen molar-refractivity contribution in [1.29, 1.82) is 0 Å². The van der Waals surface area contributed by atoms with Gasteiger partial charge >= 0.3 is 5.97 Å². The van der Waals surface area contributed by atoms with E-state index in [2.05, 4.69) is 6.92 Å². The molecule has 2 rings (SSSR count). The summed E-state index contributed by atoms with van der Waals surface area (Å²) >= 11 is 0. The van der Waals surface area contributed by atoms with E-state index in [9.17, 15) is 9.59 Å². The number of carbonyl (C=O) groups excluding carboxylic acids is 2. The van der Waals surface area contributed by atoms with Crippen LogP contribution in [0.2, 0.25) is 0 Å². The molecule has 0 heterocycles. The van der Waals surface area contributed by atoms with Crippen LogP contribution in [0.3, 0.4) is 0 Å². The lowest BCUT2D eigenvalue weighted by molar-refractivity contribution is -0.144. The van der Waals surface area contributed by atoms with Crippen LogP contribution in [0.25, 0.3) is 0 Å². The van der Waals surface area contributed by atoms with Gasteiger partial charge in [0.25, 0.3) is 5.91 Å². The number of benzene rings is 1. The molecule has 1 amide bonds. The second-order valence-electron chi connectivity index (χ2n) is 6.49. The van der Waals surface area contributed by atoms with Crippen molar-refractivity contribution in [1.82, 2.24) is 4.90 Å². The van der Waals surface area contributed by atoms with Crippen LogP contribution in [-0.4, -0.2) is 36.0 Å². The van der Waals surface area contributed by atoms with Crippen LogP contribution < -0.4 is 0 Å². The predicted octanol–water partition coefficient (Wildman–Crippen LogP) is 4.05. The van der Waals surface area contributed by atoms with Gasteiger partial charge < -0.3 is 9.64 Å². The number of hydrogen-bond donors (Lipinski definition) is 0. The van der Waals surface area contributed by atoms with E-state index in [0.29, 0.717) is 13.0 Å². The number of unbranched alkanes of at least 4 members (excludes halogenated alkanes) is 1. The molecular weight excluding hydrogens is 302 g/mol. The molecule has 2 unspecified atom stereocenters. The maximum atomic E-state index is 13.0. The Balaban J connectivity index is 2.13. The third-order valence-corrected chi connectivity index (χ3v) is 4.79. The zero-order chi connectivity index (χ0) is 17.4. The molecule has 0 N–H and O–H groups in total. The minimum Gasteiger partial charge on any atom is -0.466 e. The van der Waals surface area contributed by atoms with Crippen molar-refractivity contribution >= 4 is 11.9 Å². The Morgan fingerprint density at radius 1 is 1.17 bits per heavy atom. The highest BCUT2D eigenvalue weighted by Crippen LogP contribution is 2.33. The highest BCUT2D eigenvalue weighted by atomic mass is 16.5. The van der Waals surface area contributed by atoms with Crippen molar-refractivity contribution in [2.24, 2.45) is 5.92 Å². The number of ether oxygens (including phenoxy) is 1. The van der Waals surface area contributed by atoms with Gasteiger partial charge in [-0.1, -0.05) is 38.0 Å². The molecular formula is C20H29NO3. The molecule has 0 radical (unpaired) electrons. The van der Waals surface area contributed by atoms with Crippen LogP contribution in [0.4, 0.5) is 0 Å². The minimum atomic E-state index is -0.142. The van der Waals surface area contributed by atoms with Crippen LogP contribution >= 0.6 is 0 Å². The number of carbonyl (C=O) groups is 2. The number of rotatable bonds is 8. The van der Waals surface area contributed by atoms with Crippen LogP contribution in [0.15, 0.2) is 30.3 Å². The fourth-order valence-corrected chi connectivity index (χ4v) is 3.59. The number of hydrogen-bond acceptors (Lipinski definition) is 3. The standard InChI is InChI=1S/C20H29NO3/c1-3-5-14-21(20(23)16-10-7-6-8-11-16)18-13-9-12-17(18)15-19(22)24-4-2/h6-8,10-11,17-18H,3-5,9,12-15H2,1-2H3. The van der Waals surface area contributed by atoms with Gasteiger partial charge in [-0.05, 0) is 44.2 Å². The summed E-state index contributed by atoms with van der Waals surface area (Å²) in [6, 6.07) is 9.61. The second kappa shape index (κ2) is 9.45. The number of esters is 1. The molecule has 1 aromatic rings. The largest absolute Gasteiger partial charge is 0.466 e. The van der Waals surface area contributed by atoms with E-state index in [4.69, 9.17) is 4.74 Å². The highest BCUT2D eigenvalue weighted by molar-refractivity contribution is 5.94. The van der Waals surface area contributed by atoms with E-state index >= 15 is 0 Å². The molecule has 0 bridgehead atoms. The molecule has 0 saturated heterocycles. The highest BCUT2D eigenvalue weighted by Gasteiger charge is 2.36. The Morgan fingerprint density at radius 3 is 2.58 bits per heavy atom. The molecule has 1 fully saturated rings. The van der Waals surface area contributed by atoms with Gasteiger partial charge in [0.05, 0.1) is 13.0 Å². The fraction of sp³-hybridized carbons (Fsp3) is 0.600. The topological polar surface area (TPSA) is 46.6 Å². The van der Waals surface area contributed by atoms with Gasteiger partial charge in [0, 0.05) is 18.2 Å². The first-order chi connectivity index (χ1) is 11.7. The summed E-state index contributed by atoms with van der Waals surface area (Å²) < 4.78 is 5.12. The van der Waals surface area contributed by atoms with Crippen molar-refractivity contribution < 1.29 is 14.3 Å². The summed E-state index contributed by atoms with van der Waals surface area (Å²) in [5.74, 6) is 0.162. The van der Waals surface area contributed by atoms with Gasteiger partial charge in [-0.3, -0.25) is 9.59 Å². The van der Waals surface area contributed by atoms with Gasteiger partial charge in [0.2, 0.25) is 0 Å². The van der Waals surface area contributed by atoms with Crippen molar-refractivity contribution in [3.63, 3.8) is 0 Å². The SMILES string of the molecule is CCCCN(C(=O)c1ccccc1)C1CCCC1CC(=O)OCC. The van der Waals surface area contributed by atoms with Gasteiger partial charge in [0.15, 0.2) is 0 Å². The summed E-state index contributed by atoms with van der Waals surface area (Å²) in [6.45, 7) is 5.14. The lowest BCUT2D eigenvalue weighted by atomic mass is 9.97. The first kappa shape index (κ1) is 18.5. The summed E-state index contributed by atoms with van der Waals surface area (Å²) in [7, 11) is 0. The first-order valence-electron chi connectivity index (χ1n) is 9.19. The van der Waals surface area contributed by atoms with E-state index in [1.807, 2.05) is 42.2 Å². The number of amides is 1. The van der Waals surface area contributed by atoms with E-state index in [1.54, 1.807) is 0 Å². The molecule has 0 aromatic heterocycles. The third-order valence-electron chi connectivity index (χ3n) is 4.79. The quantitative estimate of drug-likeness (QED) is 0.675. The smallest absolute Gasteiger partial charge is 0.306 e. The zero-order valence-corrected chi connectivity index (χ0v) is 14.9. The van der Waals surface area contributed by atoms with E-state index in [-0.39, 0.29) is 23.8 Å². The molecule has 2 atom stereocenters. The Labute approximate surface area is 145 Å². The molecule has 1 aliphatic carbocycles. The Kier molecular flexibility index (Phi) is 7.29. The molecule has 4 heteroatoms. The summed E-state index contributed by atoms with van der Waals surface area (Å²) in [6.07, 6.45) is 5.50. The Morgan fingerprint density at radius 2 is 1.92 bits per heavy atom. The zero-order valence-electron chi connectivity index (χ0n) is 14.9. The van der Waals surface area contributed by atoms with Gasteiger partial charge in [-0.25, -0.2) is 0 Å². The molecule has 1 aromatic carbocycles. The maximum absolute atomic E-state index is 13.0. The van der Waals surface area contributed by atoms with Gasteiger partial charge in [0.1, 0.15) is 0 Å². The summed E-state index contributed by atoms with van der Waals surface area (Å²) in [5, 5.41) is 0. The predicted molar refractivity (Wildman–Crippen MR) is 94.8 cm³/mol. The first-order valence-corrected chi connectivity index (χ1v) is 9.19. The third kappa shape index (κ3) is 4.83. The molecule has 24 heavy (non-hydrogen) atoms. The van der Waals surface area contributed by atoms with Crippen molar-refractivity contribution in [2.75, 3.05) is 13.2 Å². The lowest BCUT2D eigenvalue weighted by Gasteiger charge is -2.33. The Hall–Kier alpha value is -1.84. The lowest BCUT2D eigenvalue weighted by Crippen LogP contribution is -2.43. The van der Waals surface area contributed by atoms with E-state index in [0.717, 1.165) is 44.2 Å². The normalized spacial score (nSPS) is 19.9. The summed E-state index contributed by atoms with van der Waals surface area (Å²) in [5.41, 5.74) is 0.732. The Bertz CT molecular complexity index is 529. The number of nitrogens with zero attached hydrogens (tertiary/aromatic N) is 1. The van der Waals surface area contributed by atoms with Crippen molar-refractivity contribution in [2.45, 2.75) is 58.4 Å². The average molecular weight is 331 g/mol. The summed E-state index contributed by atoms with van der Waals surface area (Å²) in [4.78, 5) is 26.9. The molecule has 132 valence electrons. The fourth-order valence-electron chi connectivity index (χ4n) is 3.59.